The molecule has 5 nitrogen and oxygen atoms in total. The Labute approximate surface area is 190 Å². The number of rotatable bonds is 11. The van der Waals surface area contributed by atoms with Crippen molar-refractivity contribution in [2.75, 3.05) is 33.3 Å². The van der Waals surface area contributed by atoms with Crippen LogP contribution in [0.1, 0.15) is 74.7 Å². The number of nitrogens with one attached hydrogen (secondary N) is 1. The molecule has 2 rings (SSSR count). The maximum atomic E-state index is 6.67. The molecule has 174 valence electrons. The number of ether oxygens (including phenoxy) is 1. The molecule has 1 unspecified atom stereocenters. The fourth-order valence-electron chi connectivity index (χ4n) is 4.23. The third-order valence-corrected chi connectivity index (χ3v) is 6.23. The summed E-state index contributed by atoms with van der Waals surface area (Å²) in [5.74, 6) is 0.814. The molecular formula is C26H44N4O. The Morgan fingerprint density at radius 1 is 1.13 bits per heavy atom. The van der Waals surface area contributed by atoms with Crippen molar-refractivity contribution in [2.45, 2.75) is 77.8 Å². The van der Waals surface area contributed by atoms with Crippen molar-refractivity contribution in [2.24, 2.45) is 5.73 Å². The van der Waals surface area contributed by atoms with Gasteiger partial charge in [-0.2, -0.15) is 0 Å². The first-order valence-electron chi connectivity index (χ1n) is 12.1. The van der Waals surface area contributed by atoms with Gasteiger partial charge >= 0.3 is 0 Å². The molecule has 0 saturated carbocycles. The van der Waals surface area contributed by atoms with Crippen molar-refractivity contribution in [1.29, 1.82) is 0 Å². The van der Waals surface area contributed by atoms with Crippen LogP contribution in [0.4, 0.5) is 0 Å². The van der Waals surface area contributed by atoms with E-state index in [1.165, 1.54) is 44.9 Å². The molecule has 2 heterocycles. The van der Waals surface area contributed by atoms with E-state index in [0.29, 0.717) is 6.04 Å². The molecule has 0 aromatic carbocycles. The lowest BCUT2D eigenvalue weighted by atomic mass is 10.0. The van der Waals surface area contributed by atoms with E-state index in [-0.39, 0.29) is 6.04 Å². The van der Waals surface area contributed by atoms with E-state index >= 15 is 0 Å². The fraction of sp³-hybridized carbons (Fsp3) is 0.654. The van der Waals surface area contributed by atoms with E-state index in [9.17, 15) is 0 Å². The number of hydrogen-bond donors (Lipinski definition) is 2. The van der Waals surface area contributed by atoms with Crippen molar-refractivity contribution in [3.8, 4) is 5.75 Å². The molecule has 5 heteroatoms. The van der Waals surface area contributed by atoms with Gasteiger partial charge in [-0.05, 0) is 88.1 Å². The number of nitrogens with two attached hydrogens (primary N) is 1. The van der Waals surface area contributed by atoms with Gasteiger partial charge in [-0.25, -0.2) is 0 Å². The molecule has 0 aliphatic carbocycles. The molecule has 0 radical (unpaired) electrons. The van der Waals surface area contributed by atoms with Crippen molar-refractivity contribution < 1.29 is 4.74 Å². The second-order valence-corrected chi connectivity index (χ2v) is 8.86. The highest BCUT2D eigenvalue weighted by Crippen LogP contribution is 2.20. The zero-order valence-electron chi connectivity index (χ0n) is 20.2. The summed E-state index contributed by atoms with van der Waals surface area (Å²) in [6, 6.07) is 8.63. The summed E-state index contributed by atoms with van der Waals surface area (Å²) in [6.07, 6.45) is 11.0. The summed E-state index contributed by atoms with van der Waals surface area (Å²) < 4.78 is 5.49. The zero-order chi connectivity index (χ0) is 22.5. The first-order chi connectivity index (χ1) is 15.0. The monoisotopic (exact) mass is 428 g/mol. The topological polar surface area (TPSA) is 63.4 Å². The average Bonchev–Trinajstić information content (AvgIpc) is 2.77. The standard InChI is InChI=1S/C26H44N4O/c1-5-6-7-8-9-15-29-23-13-17-30(18-14-23)20-26(27)25-12-16-28-22(3)10-11-24(31-4)19-21(25)2/h10-12,16,19,23,26,29H,5-9,13-15,17-18,20,27H2,1-4H3. The number of piperidine rings is 1. The number of likely N-dealkylation sites (tertiary alicyclic amines) is 1. The number of methoxy groups -OCH3 is 1. The molecule has 1 aliphatic heterocycles. The molecule has 1 aromatic heterocycles. The fourth-order valence-corrected chi connectivity index (χ4v) is 4.23. The number of hydrogen-bond acceptors (Lipinski definition) is 5. The minimum atomic E-state index is -0.0485. The third-order valence-electron chi connectivity index (χ3n) is 6.23. The molecule has 1 fully saturated rings. The van der Waals surface area contributed by atoms with Gasteiger partial charge in [0.1, 0.15) is 5.75 Å². The third kappa shape index (κ3) is 9.55. The van der Waals surface area contributed by atoms with Crippen LogP contribution in [-0.4, -0.2) is 49.2 Å². The van der Waals surface area contributed by atoms with Crippen molar-refractivity contribution >= 4 is 0 Å². The number of unbranched alkanes of at least 4 members (excludes halogenated alkanes) is 4. The Hall–Kier alpha value is -1.69. The van der Waals surface area contributed by atoms with Crippen LogP contribution in [0.15, 0.2) is 30.5 Å². The Morgan fingerprint density at radius 2 is 1.87 bits per heavy atom. The minimum absolute atomic E-state index is 0.0485. The summed E-state index contributed by atoms with van der Waals surface area (Å²) in [6.45, 7) is 10.6. The number of aryl methyl sites for hydroxylation is 2. The summed E-state index contributed by atoms with van der Waals surface area (Å²) in [5.41, 5.74) is 9.85. The van der Waals surface area contributed by atoms with Crippen LogP contribution in [0.25, 0.3) is 0 Å². The van der Waals surface area contributed by atoms with Crippen molar-refractivity contribution in [1.82, 2.24) is 15.2 Å². The Bertz CT molecular complexity index is 700. The van der Waals surface area contributed by atoms with E-state index in [0.717, 1.165) is 48.7 Å². The largest absolute Gasteiger partial charge is 0.497 e. The van der Waals surface area contributed by atoms with Gasteiger partial charge in [-0.15, -0.1) is 0 Å². The maximum Gasteiger partial charge on any atom is 0.119 e. The average molecular weight is 429 g/mol. The molecule has 1 saturated heterocycles. The first-order valence-corrected chi connectivity index (χ1v) is 12.1. The number of nitrogens with zero attached hydrogens (tertiary/aromatic N) is 2. The smallest absolute Gasteiger partial charge is 0.119 e. The summed E-state index contributed by atoms with van der Waals surface area (Å²) >= 11 is 0. The first kappa shape index (κ1) is 25.6. The molecule has 31 heavy (non-hydrogen) atoms. The highest BCUT2D eigenvalue weighted by molar-refractivity contribution is 5.31. The lowest BCUT2D eigenvalue weighted by molar-refractivity contribution is 0.188. The second-order valence-electron chi connectivity index (χ2n) is 8.86. The van der Waals surface area contributed by atoms with Gasteiger partial charge in [0.15, 0.2) is 0 Å². The van der Waals surface area contributed by atoms with Gasteiger partial charge in [0.2, 0.25) is 0 Å². The van der Waals surface area contributed by atoms with Gasteiger partial charge in [0, 0.05) is 30.5 Å². The van der Waals surface area contributed by atoms with E-state index in [4.69, 9.17) is 10.5 Å². The van der Waals surface area contributed by atoms with Gasteiger partial charge < -0.3 is 20.7 Å². The lowest BCUT2D eigenvalue weighted by Crippen LogP contribution is -2.44. The predicted molar refractivity (Wildman–Crippen MR) is 131 cm³/mol. The van der Waals surface area contributed by atoms with Crippen LogP contribution in [0, 0.1) is 13.8 Å². The maximum absolute atomic E-state index is 6.67. The van der Waals surface area contributed by atoms with Crippen LogP contribution in [0.2, 0.25) is 0 Å². The molecule has 3 N–H and O–H groups in total. The van der Waals surface area contributed by atoms with E-state index in [1.54, 1.807) is 7.11 Å². The Morgan fingerprint density at radius 3 is 2.58 bits per heavy atom. The molecule has 0 amide bonds. The summed E-state index contributed by atoms with van der Waals surface area (Å²) in [5, 5.41) is 3.77. The molecule has 0 spiro atoms. The summed E-state index contributed by atoms with van der Waals surface area (Å²) in [4.78, 5) is 6.99. The summed E-state index contributed by atoms with van der Waals surface area (Å²) in [7, 11) is 1.69. The van der Waals surface area contributed by atoms with Gasteiger partial charge in [0.25, 0.3) is 0 Å². The molecule has 0 bridgehead atoms. The van der Waals surface area contributed by atoms with Gasteiger partial charge in [-0.1, -0.05) is 32.6 Å². The van der Waals surface area contributed by atoms with Crippen molar-refractivity contribution in [3.63, 3.8) is 0 Å². The molecular weight excluding hydrogens is 384 g/mol. The minimum Gasteiger partial charge on any atom is -0.497 e. The van der Waals surface area contributed by atoms with Crippen LogP contribution < -0.4 is 15.8 Å². The number of aromatic nitrogens is 1. The predicted octanol–water partition coefficient (Wildman–Crippen LogP) is 4.86. The van der Waals surface area contributed by atoms with Crippen LogP contribution in [0.5, 0.6) is 5.75 Å². The highest BCUT2D eigenvalue weighted by atomic mass is 16.5. The van der Waals surface area contributed by atoms with Crippen LogP contribution >= 0.6 is 0 Å². The Balaban J connectivity index is 1.89. The van der Waals surface area contributed by atoms with Crippen molar-refractivity contribution in [3.05, 3.63) is 47.3 Å². The molecule has 1 aromatic rings. The van der Waals surface area contributed by atoms with Crippen LogP contribution in [-0.2, 0) is 0 Å². The quantitative estimate of drug-likeness (QED) is 0.493. The van der Waals surface area contributed by atoms with E-state index in [1.807, 2.05) is 25.3 Å². The van der Waals surface area contributed by atoms with E-state index < -0.39 is 0 Å². The van der Waals surface area contributed by atoms with Gasteiger partial charge in [0.05, 0.1) is 7.11 Å². The molecule has 1 aliphatic rings. The van der Waals surface area contributed by atoms with Crippen LogP contribution in [0.3, 0.4) is 0 Å². The normalized spacial score (nSPS) is 16.0. The Kier molecular flexibility index (Phi) is 11.9. The highest BCUT2D eigenvalue weighted by Gasteiger charge is 2.21. The van der Waals surface area contributed by atoms with E-state index in [2.05, 4.69) is 41.2 Å². The lowest BCUT2D eigenvalue weighted by Gasteiger charge is -2.34. The van der Waals surface area contributed by atoms with Gasteiger partial charge in [-0.3, -0.25) is 4.98 Å². The SMILES string of the molecule is CCCCCCCNC1CCN(CC(N)c2ccnc(C)ccc(OC)cc2C)CC1. The zero-order valence-corrected chi connectivity index (χ0v) is 20.2. The second kappa shape index (κ2) is 14.4. The molecule has 1 atom stereocenters.